The molecule has 0 saturated heterocycles. The van der Waals surface area contributed by atoms with E-state index in [4.69, 9.17) is 9.84 Å². The van der Waals surface area contributed by atoms with Gasteiger partial charge in [0.2, 0.25) is 0 Å². The fourth-order valence-electron chi connectivity index (χ4n) is 3.14. The average Bonchev–Trinajstić information content (AvgIpc) is 2.65. The van der Waals surface area contributed by atoms with Crippen LogP contribution < -0.4 is 0 Å². The number of rotatable bonds is 18. The highest BCUT2D eigenvalue weighted by Gasteiger charge is 2.15. The predicted octanol–water partition coefficient (Wildman–Crippen LogP) is 6.73. The largest absolute Gasteiger partial charge is 0.459 e. The minimum atomic E-state index is -0.143. The van der Waals surface area contributed by atoms with Gasteiger partial charge in [-0.1, -0.05) is 77.2 Å². The Morgan fingerprint density at radius 2 is 1.31 bits per heavy atom. The van der Waals surface area contributed by atoms with E-state index in [2.05, 4.69) is 6.92 Å². The molecule has 0 saturated carbocycles. The van der Waals surface area contributed by atoms with Crippen LogP contribution in [0, 0.1) is 0 Å². The molecule has 3 heteroatoms. The Labute approximate surface area is 162 Å². The molecule has 0 aliphatic carbocycles. The quantitative estimate of drug-likeness (QED) is 0.166. The van der Waals surface area contributed by atoms with Crippen molar-refractivity contribution in [3.63, 3.8) is 0 Å². The third-order valence-corrected chi connectivity index (χ3v) is 5.09. The van der Waals surface area contributed by atoms with Gasteiger partial charge in [0, 0.05) is 12.2 Å². The molecular weight excluding hydrogens is 324 g/mol. The van der Waals surface area contributed by atoms with Crippen LogP contribution in [0.3, 0.4) is 0 Å². The normalized spacial score (nSPS) is 13.0. The third kappa shape index (κ3) is 15.4. The van der Waals surface area contributed by atoms with Crippen LogP contribution >= 0.6 is 0 Å². The molecule has 0 spiro atoms. The molecule has 0 rings (SSSR count). The summed E-state index contributed by atoms with van der Waals surface area (Å²) in [6, 6.07) is 0. The summed E-state index contributed by atoms with van der Waals surface area (Å²) in [7, 11) is 0. The summed E-state index contributed by atoms with van der Waals surface area (Å²) >= 11 is 0. The van der Waals surface area contributed by atoms with E-state index in [1.165, 1.54) is 57.8 Å². The van der Waals surface area contributed by atoms with E-state index in [-0.39, 0.29) is 12.1 Å². The van der Waals surface area contributed by atoms with Crippen molar-refractivity contribution in [2.45, 2.75) is 123 Å². The number of allylic oxidation sites excluding steroid dienone is 1. The van der Waals surface area contributed by atoms with Crippen LogP contribution in [0.25, 0.3) is 0 Å². The van der Waals surface area contributed by atoms with E-state index in [1.807, 2.05) is 19.9 Å². The fraction of sp³-hybridized carbons (Fsp3) is 0.870. The molecule has 0 aliphatic heterocycles. The van der Waals surface area contributed by atoms with Crippen molar-refractivity contribution < 1.29 is 14.6 Å². The van der Waals surface area contributed by atoms with E-state index in [0.717, 1.165) is 38.5 Å². The van der Waals surface area contributed by atoms with Gasteiger partial charge < -0.3 is 9.84 Å². The first-order valence-corrected chi connectivity index (χ1v) is 11.1. The molecule has 0 aromatic carbocycles. The van der Waals surface area contributed by atoms with Gasteiger partial charge in [-0.2, -0.15) is 0 Å². The summed E-state index contributed by atoms with van der Waals surface area (Å²) in [6.07, 6.45) is 19.8. The topological polar surface area (TPSA) is 46.5 Å². The maximum Gasteiger partial charge on any atom is 0.333 e. The molecule has 0 bridgehead atoms. The first-order valence-electron chi connectivity index (χ1n) is 11.1. The Bertz CT molecular complexity index is 349. The molecule has 0 heterocycles. The molecule has 0 aromatic rings. The number of ether oxygens (including phenoxy) is 1. The zero-order valence-corrected chi connectivity index (χ0v) is 17.7. The standard InChI is InChI=1S/C23H44O3/c1-4-6-7-15-18-22(26-23(25)21(3)5-2)19-16-13-11-9-8-10-12-14-17-20-24/h5,22,24H,4,6-20H2,1-3H3. The number of aliphatic hydroxyl groups excluding tert-OH is 1. The number of aliphatic hydroxyl groups is 1. The molecule has 0 radical (unpaired) electrons. The van der Waals surface area contributed by atoms with Crippen molar-refractivity contribution in [3.05, 3.63) is 11.6 Å². The Balaban J connectivity index is 3.89. The maximum absolute atomic E-state index is 12.0. The zero-order chi connectivity index (χ0) is 19.5. The highest BCUT2D eigenvalue weighted by Crippen LogP contribution is 2.18. The molecule has 0 amide bonds. The van der Waals surface area contributed by atoms with Gasteiger partial charge in [0.15, 0.2) is 0 Å². The van der Waals surface area contributed by atoms with E-state index in [0.29, 0.717) is 12.2 Å². The molecule has 0 aliphatic rings. The second-order valence-corrected chi connectivity index (χ2v) is 7.54. The molecule has 0 fully saturated rings. The SMILES string of the molecule is CC=C(C)C(=O)OC(CCCCCC)CCCCCCCCCCCO. The lowest BCUT2D eigenvalue weighted by molar-refractivity contribution is -0.145. The van der Waals surface area contributed by atoms with Gasteiger partial charge in [0.05, 0.1) is 0 Å². The number of esters is 1. The molecule has 1 atom stereocenters. The molecular formula is C23H44O3. The van der Waals surface area contributed by atoms with E-state index in [1.54, 1.807) is 0 Å². The lowest BCUT2D eigenvalue weighted by atomic mass is 10.0. The van der Waals surface area contributed by atoms with E-state index in [9.17, 15) is 4.79 Å². The number of hydrogen-bond acceptors (Lipinski definition) is 3. The van der Waals surface area contributed by atoms with Gasteiger partial charge in [-0.05, 0) is 46.0 Å². The number of carbonyl (C=O) groups excluding carboxylic acids is 1. The summed E-state index contributed by atoms with van der Waals surface area (Å²) in [4.78, 5) is 12.0. The Morgan fingerprint density at radius 3 is 1.77 bits per heavy atom. The fourth-order valence-corrected chi connectivity index (χ4v) is 3.14. The predicted molar refractivity (Wildman–Crippen MR) is 111 cm³/mol. The average molecular weight is 369 g/mol. The minimum absolute atomic E-state index is 0.0905. The Kier molecular flexibility index (Phi) is 18.3. The first-order chi connectivity index (χ1) is 12.7. The number of carbonyl (C=O) groups is 1. The van der Waals surface area contributed by atoms with Crippen molar-refractivity contribution in [2.24, 2.45) is 0 Å². The van der Waals surface area contributed by atoms with Crippen LogP contribution in [0.4, 0.5) is 0 Å². The summed E-state index contributed by atoms with van der Waals surface area (Å²) in [5.41, 5.74) is 0.713. The van der Waals surface area contributed by atoms with Crippen LogP contribution in [0.15, 0.2) is 11.6 Å². The van der Waals surface area contributed by atoms with Crippen LogP contribution in [0.5, 0.6) is 0 Å². The lowest BCUT2D eigenvalue weighted by Gasteiger charge is -2.18. The van der Waals surface area contributed by atoms with Gasteiger partial charge >= 0.3 is 5.97 Å². The van der Waals surface area contributed by atoms with Crippen molar-refractivity contribution in [1.82, 2.24) is 0 Å². The van der Waals surface area contributed by atoms with Crippen LogP contribution in [0.2, 0.25) is 0 Å². The van der Waals surface area contributed by atoms with Crippen LogP contribution in [0.1, 0.15) is 117 Å². The van der Waals surface area contributed by atoms with Crippen molar-refractivity contribution >= 4 is 5.97 Å². The molecule has 1 N–H and O–H groups in total. The second-order valence-electron chi connectivity index (χ2n) is 7.54. The molecule has 26 heavy (non-hydrogen) atoms. The van der Waals surface area contributed by atoms with Crippen molar-refractivity contribution in [3.8, 4) is 0 Å². The second kappa shape index (κ2) is 18.9. The Morgan fingerprint density at radius 1 is 0.846 bits per heavy atom. The van der Waals surface area contributed by atoms with Gasteiger partial charge in [0.1, 0.15) is 6.10 Å². The zero-order valence-electron chi connectivity index (χ0n) is 17.7. The van der Waals surface area contributed by atoms with Crippen molar-refractivity contribution in [2.75, 3.05) is 6.61 Å². The molecule has 0 aromatic heterocycles. The summed E-state index contributed by atoms with van der Waals surface area (Å²) in [6.45, 7) is 6.27. The van der Waals surface area contributed by atoms with Crippen LogP contribution in [-0.4, -0.2) is 23.8 Å². The lowest BCUT2D eigenvalue weighted by Crippen LogP contribution is -2.19. The molecule has 1 unspecified atom stereocenters. The summed E-state index contributed by atoms with van der Waals surface area (Å²) < 4.78 is 5.74. The van der Waals surface area contributed by atoms with Crippen molar-refractivity contribution in [1.29, 1.82) is 0 Å². The highest BCUT2D eigenvalue weighted by atomic mass is 16.5. The highest BCUT2D eigenvalue weighted by molar-refractivity contribution is 5.87. The molecule has 3 nitrogen and oxygen atoms in total. The monoisotopic (exact) mass is 368 g/mol. The molecule has 154 valence electrons. The number of hydrogen-bond donors (Lipinski definition) is 1. The maximum atomic E-state index is 12.0. The van der Waals surface area contributed by atoms with Gasteiger partial charge in [-0.3, -0.25) is 0 Å². The van der Waals surface area contributed by atoms with Gasteiger partial charge in [-0.15, -0.1) is 0 Å². The Hall–Kier alpha value is -0.830. The van der Waals surface area contributed by atoms with Gasteiger partial charge in [0.25, 0.3) is 0 Å². The smallest absolute Gasteiger partial charge is 0.333 e. The minimum Gasteiger partial charge on any atom is -0.459 e. The summed E-state index contributed by atoms with van der Waals surface area (Å²) in [5, 5.41) is 8.76. The van der Waals surface area contributed by atoms with E-state index < -0.39 is 0 Å². The first kappa shape index (κ1) is 25.2. The van der Waals surface area contributed by atoms with E-state index >= 15 is 0 Å². The van der Waals surface area contributed by atoms with Crippen LogP contribution in [-0.2, 0) is 9.53 Å². The number of unbranched alkanes of at least 4 members (excludes halogenated alkanes) is 11. The summed E-state index contributed by atoms with van der Waals surface area (Å²) in [5.74, 6) is -0.143. The third-order valence-electron chi connectivity index (χ3n) is 5.09. The van der Waals surface area contributed by atoms with Gasteiger partial charge in [-0.25, -0.2) is 4.79 Å².